The Morgan fingerprint density at radius 1 is 1.25 bits per heavy atom. The Labute approximate surface area is 146 Å². The van der Waals surface area contributed by atoms with Crippen LogP contribution in [0.4, 0.5) is 0 Å². The molecule has 6 nitrogen and oxygen atoms in total. The van der Waals surface area contributed by atoms with Gasteiger partial charge in [-0.3, -0.25) is 4.79 Å². The van der Waals surface area contributed by atoms with Crippen LogP contribution < -0.4 is 5.73 Å². The van der Waals surface area contributed by atoms with Crippen molar-refractivity contribution in [1.29, 1.82) is 0 Å². The molecule has 2 heterocycles. The van der Waals surface area contributed by atoms with Gasteiger partial charge in [0.1, 0.15) is 24.4 Å². The van der Waals surface area contributed by atoms with E-state index in [1.807, 2.05) is 45.0 Å². The maximum atomic E-state index is 12.6. The molecule has 0 aromatic heterocycles. The highest BCUT2D eigenvalue weighted by molar-refractivity contribution is 8.13. The lowest BCUT2D eigenvalue weighted by atomic mass is 10.1. The van der Waals surface area contributed by atoms with Crippen molar-refractivity contribution in [1.82, 2.24) is 0 Å². The van der Waals surface area contributed by atoms with Crippen LogP contribution in [0.1, 0.15) is 19.4 Å². The molecule has 7 heteroatoms. The molecule has 0 unspecified atom stereocenters. The molecule has 2 aliphatic rings. The number of rotatable bonds is 4. The fraction of sp³-hybridized carbons (Fsp3) is 0.588. The molecule has 2 fully saturated rings. The molecule has 0 saturated carbocycles. The van der Waals surface area contributed by atoms with Crippen molar-refractivity contribution in [2.45, 2.75) is 62.1 Å². The van der Waals surface area contributed by atoms with E-state index in [-0.39, 0.29) is 5.12 Å². The highest BCUT2D eigenvalue weighted by Crippen LogP contribution is 2.40. The minimum atomic E-state index is -0.832. The van der Waals surface area contributed by atoms with Crippen molar-refractivity contribution in [3.8, 4) is 0 Å². The van der Waals surface area contributed by atoms with E-state index in [1.54, 1.807) is 0 Å². The zero-order valence-corrected chi connectivity index (χ0v) is 15.0. The number of carbonyl (C=O) groups is 1. The highest BCUT2D eigenvalue weighted by atomic mass is 32.2. The quantitative estimate of drug-likeness (QED) is 0.827. The number of methoxy groups -OCH3 is 1. The molecule has 1 aromatic carbocycles. The number of carbonyl (C=O) groups excluding carboxylic acids is 1. The molecule has 0 radical (unpaired) electrons. The first-order chi connectivity index (χ1) is 11.3. The maximum absolute atomic E-state index is 12.6. The number of benzene rings is 1. The monoisotopic (exact) mass is 353 g/mol. The zero-order valence-electron chi connectivity index (χ0n) is 14.2. The van der Waals surface area contributed by atoms with Crippen molar-refractivity contribution < 1.29 is 23.7 Å². The lowest BCUT2D eigenvalue weighted by Crippen LogP contribution is -2.47. The topological polar surface area (TPSA) is 80.0 Å². The van der Waals surface area contributed by atoms with E-state index in [0.717, 1.165) is 22.2 Å². The summed E-state index contributed by atoms with van der Waals surface area (Å²) in [5.74, 6) is -0.749. The van der Waals surface area contributed by atoms with Crippen molar-refractivity contribution in [2.24, 2.45) is 5.73 Å². The predicted molar refractivity (Wildman–Crippen MR) is 89.5 cm³/mol. The van der Waals surface area contributed by atoms with E-state index in [1.165, 1.54) is 7.11 Å². The minimum absolute atomic E-state index is 0.173. The molecule has 0 aliphatic carbocycles. The predicted octanol–water partition coefficient (Wildman–Crippen LogP) is 1.83. The molecule has 2 saturated heterocycles. The number of nitrogens with two attached hydrogens (primary N) is 1. The maximum Gasteiger partial charge on any atom is 0.213 e. The average Bonchev–Trinajstić information content (AvgIpc) is 3.01. The third-order valence-corrected chi connectivity index (χ3v) is 5.13. The Morgan fingerprint density at radius 2 is 1.88 bits per heavy atom. The minimum Gasteiger partial charge on any atom is -0.353 e. The van der Waals surface area contributed by atoms with Crippen molar-refractivity contribution in [3.05, 3.63) is 29.8 Å². The summed E-state index contributed by atoms with van der Waals surface area (Å²) in [6.45, 7) is 5.64. The van der Waals surface area contributed by atoms with Gasteiger partial charge in [0, 0.05) is 12.0 Å². The third-order valence-electron chi connectivity index (χ3n) is 4.14. The van der Waals surface area contributed by atoms with Crippen molar-refractivity contribution >= 4 is 16.9 Å². The van der Waals surface area contributed by atoms with Gasteiger partial charge in [0.15, 0.2) is 12.1 Å². The second kappa shape index (κ2) is 6.74. The van der Waals surface area contributed by atoms with Gasteiger partial charge in [-0.1, -0.05) is 29.5 Å². The molecule has 1 aromatic rings. The van der Waals surface area contributed by atoms with Crippen molar-refractivity contribution in [3.63, 3.8) is 0 Å². The summed E-state index contributed by atoms with van der Waals surface area (Å²) in [6, 6.07) is 6.89. The van der Waals surface area contributed by atoms with Gasteiger partial charge in [0.25, 0.3) is 0 Å². The van der Waals surface area contributed by atoms with Crippen LogP contribution in [0.25, 0.3) is 0 Å². The van der Waals surface area contributed by atoms with Crippen molar-refractivity contribution in [2.75, 3.05) is 7.11 Å². The summed E-state index contributed by atoms with van der Waals surface area (Å²) >= 11 is 1.11. The Balaban J connectivity index is 1.70. The van der Waals surface area contributed by atoms with Crippen LogP contribution >= 0.6 is 11.8 Å². The Hall–Kier alpha value is -0.960. The first-order valence-corrected chi connectivity index (χ1v) is 8.70. The molecule has 3 rings (SSSR count). The lowest BCUT2D eigenvalue weighted by Gasteiger charge is -2.25. The van der Waals surface area contributed by atoms with E-state index in [4.69, 9.17) is 24.7 Å². The Morgan fingerprint density at radius 3 is 2.50 bits per heavy atom. The van der Waals surface area contributed by atoms with Crippen LogP contribution in [0, 0.1) is 6.92 Å². The van der Waals surface area contributed by atoms with Gasteiger partial charge in [-0.25, -0.2) is 0 Å². The Kier molecular flexibility index (Phi) is 5.01. The van der Waals surface area contributed by atoms with Gasteiger partial charge in [-0.15, -0.1) is 0 Å². The molecule has 0 bridgehead atoms. The number of hydrogen-bond donors (Lipinski definition) is 1. The molecule has 5 atom stereocenters. The van der Waals surface area contributed by atoms with E-state index in [2.05, 4.69) is 0 Å². The fourth-order valence-electron chi connectivity index (χ4n) is 2.99. The number of aryl methyl sites for hydroxylation is 1. The van der Waals surface area contributed by atoms with Crippen LogP contribution in [-0.4, -0.2) is 48.7 Å². The van der Waals surface area contributed by atoms with E-state index in [9.17, 15) is 4.79 Å². The van der Waals surface area contributed by atoms with E-state index >= 15 is 0 Å². The summed E-state index contributed by atoms with van der Waals surface area (Å²) in [6.07, 6.45) is -2.02. The van der Waals surface area contributed by atoms with Gasteiger partial charge in [-0.2, -0.15) is 0 Å². The summed E-state index contributed by atoms with van der Waals surface area (Å²) in [5.41, 5.74) is 7.31. The summed E-state index contributed by atoms with van der Waals surface area (Å²) < 4.78 is 22.8. The number of hydrogen-bond acceptors (Lipinski definition) is 7. The second-order valence-electron chi connectivity index (χ2n) is 6.53. The van der Waals surface area contributed by atoms with E-state index in [0.29, 0.717) is 0 Å². The lowest BCUT2D eigenvalue weighted by molar-refractivity contribution is -0.228. The smallest absolute Gasteiger partial charge is 0.213 e. The highest BCUT2D eigenvalue weighted by Gasteiger charge is 2.57. The standard InChI is InChI=1S/C17H23NO5S/c1-9-5-7-10(8-6-9)24-15(19)11(18)12-13-14(16(20-4)21-12)23-17(2,3)22-13/h5-8,11-14,16H,18H2,1-4H3/t11-,12-,13-,14-,16-/m1/s1. The molecule has 0 amide bonds. The SMILES string of the molecule is CO[C@@H]1O[C@H]([C@@H](N)C(=O)Sc2ccc(C)cc2)[C@H]2OC(C)(C)O[C@@H]12. The Bertz CT molecular complexity index is 606. The van der Waals surface area contributed by atoms with E-state index < -0.39 is 36.4 Å². The average molecular weight is 353 g/mol. The van der Waals surface area contributed by atoms with Crippen LogP contribution in [0.2, 0.25) is 0 Å². The molecule has 0 spiro atoms. The van der Waals surface area contributed by atoms with Gasteiger partial charge in [0.2, 0.25) is 5.12 Å². The van der Waals surface area contributed by atoms with Crippen LogP contribution in [-0.2, 0) is 23.7 Å². The first-order valence-electron chi connectivity index (χ1n) is 7.88. The summed E-state index contributed by atoms with van der Waals surface area (Å²) in [4.78, 5) is 13.4. The number of ether oxygens (including phenoxy) is 4. The summed E-state index contributed by atoms with van der Waals surface area (Å²) in [7, 11) is 1.53. The third kappa shape index (κ3) is 3.51. The van der Waals surface area contributed by atoms with Gasteiger partial charge in [-0.05, 0) is 32.9 Å². The largest absolute Gasteiger partial charge is 0.353 e. The van der Waals surface area contributed by atoms with Gasteiger partial charge in [0.05, 0.1) is 0 Å². The summed E-state index contributed by atoms with van der Waals surface area (Å²) in [5, 5.41) is -0.173. The van der Waals surface area contributed by atoms with Gasteiger partial charge >= 0.3 is 0 Å². The first kappa shape index (κ1) is 17.8. The zero-order chi connectivity index (χ0) is 17.5. The number of fused-ring (bicyclic) bond motifs is 1. The van der Waals surface area contributed by atoms with Gasteiger partial charge < -0.3 is 24.7 Å². The van der Waals surface area contributed by atoms with Crippen LogP contribution in [0.3, 0.4) is 0 Å². The number of thioether (sulfide) groups is 1. The molecule has 132 valence electrons. The second-order valence-corrected chi connectivity index (χ2v) is 7.61. The molecular formula is C17H23NO5S. The normalized spacial score (nSPS) is 32.5. The molecule has 24 heavy (non-hydrogen) atoms. The molecule has 2 N–H and O–H groups in total. The fourth-order valence-corrected chi connectivity index (χ4v) is 3.77. The molecular weight excluding hydrogens is 330 g/mol. The van der Waals surface area contributed by atoms with Crippen LogP contribution in [0.15, 0.2) is 29.2 Å². The van der Waals surface area contributed by atoms with Crippen LogP contribution in [0.5, 0.6) is 0 Å². The molecule has 2 aliphatic heterocycles.